The summed E-state index contributed by atoms with van der Waals surface area (Å²) in [6.45, 7) is 6.35. The van der Waals surface area contributed by atoms with Gasteiger partial charge in [-0.1, -0.05) is 51.1 Å². The molecule has 8 heteroatoms. The monoisotopic (exact) mass is 402 g/mol. The zero-order valence-electron chi connectivity index (χ0n) is 16.3. The Morgan fingerprint density at radius 1 is 1.07 bits per heavy atom. The highest BCUT2D eigenvalue weighted by atomic mass is 19.4. The largest absolute Gasteiger partial charge is 0.417 e. The number of hydrogen-bond acceptors (Lipinski definition) is 3. The molecule has 0 aliphatic rings. The van der Waals surface area contributed by atoms with Crippen LogP contribution in [0, 0.1) is 0 Å². The molecular weight excluding hydrogens is 381 g/mol. The number of amides is 1. The van der Waals surface area contributed by atoms with Crippen molar-refractivity contribution in [2.45, 2.75) is 38.9 Å². The van der Waals surface area contributed by atoms with Crippen LogP contribution in [0.3, 0.4) is 0 Å². The molecule has 1 amide bonds. The number of alkyl halides is 3. The maximum Gasteiger partial charge on any atom is 0.417 e. The number of aromatic nitrogens is 3. The van der Waals surface area contributed by atoms with Gasteiger partial charge in [0.2, 0.25) is 0 Å². The number of benzene rings is 1. The van der Waals surface area contributed by atoms with Gasteiger partial charge in [0.15, 0.2) is 0 Å². The molecule has 152 valence electrons. The summed E-state index contributed by atoms with van der Waals surface area (Å²) >= 11 is 0. The van der Waals surface area contributed by atoms with Crippen molar-refractivity contribution in [1.82, 2.24) is 14.8 Å². The van der Waals surface area contributed by atoms with E-state index in [9.17, 15) is 18.0 Å². The van der Waals surface area contributed by atoms with Crippen molar-refractivity contribution in [3.05, 3.63) is 77.2 Å². The van der Waals surface area contributed by atoms with Crippen LogP contribution in [0.4, 0.5) is 19.0 Å². The number of nitrogens with zero attached hydrogens (tertiary/aromatic N) is 3. The first kappa shape index (κ1) is 20.6. The van der Waals surface area contributed by atoms with Crippen LogP contribution in [0.15, 0.2) is 54.7 Å². The zero-order valence-corrected chi connectivity index (χ0v) is 16.3. The first-order valence-electron chi connectivity index (χ1n) is 9.01. The summed E-state index contributed by atoms with van der Waals surface area (Å²) < 4.78 is 39.6. The van der Waals surface area contributed by atoms with Gasteiger partial charge in [-0.2, -0.15) is 18.3 Å². The van der Waals surface area contributed by atoms with E-state index < -0.39 is 17.6 Å². The summed E-state index contributed by atoms with van der Waals surface area (Å²) in [5, 5.41) is 7.12. The minimum absolute atomic E-state index is 0.0350. The van der Waals surface area contributed by atoms with Crippen LogP contribution in [0.25, 0.3) is 0 Å². The average molecular weight is 402 g/mol. The molecule has 0 spiro atoms. The molecule has 3 rings (SSSR count). The Labute approximate surface area is 166 Å². The van der Waals surface area contributed by atoms with Gasteiger partial charge < -0.3 is 5.32 Å². The number of rotatable bonds is 4. The maximum absolute atomic E-state index is 12.8. The Balaban J connectivity index is 1.87. The number of hydrogen-bond donors (Lipinski definition) is 1. The smallest absolute Gasteiger partial charge is 0.305 e. The zero-order chi connectivity index (χ0) is 21.2. The molecule has 0 unspecified atom stereocenters. The molecule has 0 saturated heterocycles. The molecule has 29 heavy (non-hydrogen) atoms. The molecule has 1 aromatic carbocycles. The normalized spacial score (nSPS) is 12.1. The fourth-order valence-electron chi connectivity index (χ4n) is 2.66. The van der Waals surface area contributed by atoms with Gasteiger partial charge in [0.25, 0.3) is 5.91 Å². The minimum Gasteiger partial charge on any atom is -0.305 e. The van der Waals surface area contributed by atoms with Crippen LogP contribution in [0.1, 0.15) is 48.1 Å². The van der Waals surface area contributed by atoms with E-state index in [0.29, 0.717) is 18.4 Å². The number of pyridine rings is 1. The molecule has 2 aromatic heterocycles. The topological polar surface area (TPSA) is 59.8 Å². The number of nitrogens with one attached hydrogen (secondary N) is 1. The molecule has 2 heterocycles. The Morgan fingerprint density at radius 3 is 2.31 bits per heavy atom. The Bertz CT molecular complexity index is 988. The third-order valence-corrected chi connectivity index (χ3v) is 4.29. The molecule has 0 saturated carbocycles. The van der Waals surface area contributed by atoms with Gasteiger partial charge in [-0.15, -0.1) is 0 Å². The van der Waals surface area contributed by atoms with Gasteiger partial charge in [0.1, 0.15) is 11.5 Å². The van der Waals surface area contributed by atoms with E-state index in [4.69, 9.17) is 0 Å². The van der Waals surface area contributed by atoms with Gasteiger partial charge in [0.05, 0.1) is 17.8 Å². The molecule has 0 fully saturated rings. The lowest BCUT2D eigenvalue weighted by Crippen LogP contribution is -2.19. The maximum atomic E-state index is 12.8. The van der Waals surface area contributed by atoms with Gasteiger partial charge in [-0.3, -0.25) is 9.48 Å². The van der Waals surface area contributed by atoms with Crippen molar-refractivity contribution in [3.8, 4) is 0 Å². The van der Waals surface area contributed by atoms with Crippen LogP contribution in [0.5, 0.6) is 0 Å². The molecular formula is C21H21F3N4O. The molecule has 0 radical (unpaired) electrons. The third-order valence-electron chi connectivity index (χ3n) is 4.29. The predicted molar refractivity (Wildman–Crippen MR) is 104 cm³/mol. The lowest BCUT2D eigenvalue weighted by Gasteiger charge is -2.14. The van der Waals surface area contributed by atoms with Crippen molar-refractivity contribution in [1.29, 1.82) is 0 Å². The fraction of sp³-hybridized carbons (Fsp3) is 0.286. The molecule has 0 bridgehead atoms. The first-order chi connectivity index (χ1) is 13.5. The van der Waals surface area contributed by atoms with Gasteiger partial charge in [0, 0.05) is 11.6 Å². The van der Waals surface area contributed by atoms with Crippen LogP contribution < -0.4 is 5.32 Å². The third kappa shape index (κ3) is 5.01. The van der Waals surface area contributed by atoms with Gasteiger partial charge in [-0.05, 0) is 23.8 Å². The standard InChI is InChI=1S/C21H21F3N4O/c1-20(2,3)17-11-16(28(27-17)13-14-7-5-4-6-8-14)19(29)26-18-10-9-15(12-25-18)21(22,23)24/h4-12H,13H2,1-3H3,(H,25,26,29). The van der Waals surface area contributed by atoms with E-state index in [0.717, 1.165) is 23.4 Å². The lowest BCUT2D eigenvalue weighted by atomic mass is 9.92. The lowest BCUT2D eigenvalue weighted by molar-refractivity contribution is -0.137. The molecule has 5 nitrogen and oxygen atoms in total. The number of anilines is 1. The van der Waals surface area contributed by atoms with E-state index in [2.05, 4.69) is 15.4 Å². The summed E-state index contributed by atoms with van der Waals surface area (Å²) in [4.78, 5) is 16.5. The highest BCUT2D eigenvalue weighted by Gasteiger charge is 2.31. The summed E-state index contributed by atoms with van der Waals surface area (Å²) in [5.74, 6) is -0.455. The summed E-state index contributed by atoms with van der Waals surface area (Å²) in [5.41, 5.74) is 0.862. The predicted octanol–water partition coefficient (Wildman–Crippen LogP) is 4.90. The summed E-state index contributed by atoms with van der Waals surface area (Å²) in [7, 11) is 0. The van der Waals surface area contributed by atoms with Crippen molar-refractivity contribution in [3.63, 3.8) is 0 Å². The molecule has 0 aliphatic carbocycles. The van der Waals surface area contributed by atoms with Crippen LogP contribution in [-0.2, 0) is 18.1 Å². The van der Waals surface area contributed by atoms with Crippen LogP contribution >= 0.6 is 0 Å². The average Bonchev–Trinajstić information content (AvgIpc) is 3.06. The van der Waals surface area contributed by atoms with Crippen molar-refractivity contribution in [2.75, 3.05) is 5.32 Å². The number of halogens is 3. The Morgan fingerprint density at radius 2 is 1.76 bits per heavy atom. The second kappa shape index (κ2) is 7.69. The molecule has 0 aliphatic heterocycles. The Kier molecular flexibility index (Phi) is 5.46. The summed E-state index contributed by atoms with van der Waals surface area (Å²) in [6.07, 6.45) is -3.79. The minimum atomic E-state index is -4.48. The fourth-order valence-corrected chi connectivity index (χ4v) is 2.66. The summed E-state index contributed by atoms with van der Waals surface area (Å²) in [6, 6.07) is 13.3. The quantitative estimate of drug-likeness (QED) is 0.676. The molecule has 3 aromatic rings. The highest BCUT2D eigenvalue weighted by molar-refractivity contribution is 6.02. The van der Waals surface area contributed by atoms with Crippen molar-refractivity contribution >= 4 is 11.7 Å². The Hall–Kier alpha value is -3.16. The van der Waals surface area contributed by atoms with Crippen molar-refractivity contribution < 1.29 is 18.0 Å². The first-order valence-corrected chi connectivity index (χ1v) is 9.01. The highest BCUT2D eigenvalue weighted by Crippen LogP contribution is 2.29. The van der Waals surface area contributed by atoms with Crippen LogP contribution in [-0.4, -0.2) is 20.7 Å². The van der Waals surface area contributed by atoms with Crippen LogP contribution in [0.2, 0.25) is 0 Å². The SMILES string of the molecule is CC(C)(C)c1cc(C(=O)Nc2ccc(C(F)(F)F)cn2)n(Cc2ccccc2)n1. The molecule has 1 N–H and O–H groups in total. The van der Waals surface area contributed by atoms with E-state index in [1.807, 2.05) is 51.1 Å². The molecule has 0 atom stereocenters. The number of carbonyl (C=O) groups excluding carboxylic acids is 1. The van der Waals surface area contributed by atoms with E-state index in [1.165, 1.54) is 0 Å². The van der Waals surface area contributed by atoms with Gasteiger partial charge in [-0.25, -0.2) is 4.98 Å². The number of carbonyl (C=O) groups is 1. The van der Waals surface area contributed by atoms with E-state index in [-0.39, 0.29) is 11.2 Å². The van der Waals surface area contributed by atoms with E-state index >= 15 is 0 Å². The van der Waals surface area contributed by atoms with E-state index in [1.54, 1.807) is 10.7 Å². The van der Waals surface area contributed by atoms with Gasteiger partial charge >= 0.3 is 6.18 Å². The van der Waals surface area contributed by atoms with Crippen molar-refractivity contribution in [2.24, 2.45) is 0 Å². The second-order valence-electron chi connectivity index (χ2n) is 7.69. The second-order valence-corrected chi connectivity index (χ2v) is 7.69.